The van der Waals surface area contributed by atoms with Crippen molar-refractivity contribution in [3.63, 3.8) is 0 Å². The first-order chi connectivity index (χ1) is 8.15. The van der Waals surface area contributed by atoms with Crippen LogP contribution < -0.4 is 5.32 Å². The normalized spacial score (nSPS) is 18.0. The van der Waals surface area contributed by atoms with Crippen molar-refractivity contribution in [1.29, 1.82) is 0 Å². The molecular formula is C13H17BrN2O. The predicted octanol–water partition coefficient (Wildman–Crippen LogP) is 2.27. The van der Waals surface area contributed by atoms with E-state index < -0.39 is 0 Å². The Morgan fingerprint density at radius 3 is 2.76 bits per heavy atom. The van der Waals surface area contributed by atoms with E-state index in [0.717, 1.165) is 36.0 Å². The lowest BCUT2D eigenvalue weighted by atomic mass is 10.0. The summed E-state index contributed by atoms with van der Waals surface area (Å²) in [6.07, 6.45) is 2.08. The van der Waals surface area contributed by atoms with Gasteiger partial charge in [0.1, 0.15) is 0 Å². The van der Waals surface area contributed by atoms with Crippen molar-refractivity contribution in [2.75, 3.05) is 20.1 Å². The number of nitrogens with zero attached hydrogens (tertiary/aromatic N) is 1. The van der Waals surface area contributed by atoms with Gasteiger partial charge < -0.3 is 10.2 Å². The van der Waals surface area contributed by atoms with Gasteiger partial charge in [0, 0.05) is 16.1 Å². The van der Waals surface area contributed by atoms with Crippen molar-refractivity contribution in [3.8, 4) is 0 Å². The standard InChI is InChI=1S/C13H17BrN2O/c1-16-7-5-12(6-8-16)15-13(17)10-3-2-4-11(14)9-10/h2-4,9,12H,5-8H2,1H3,(H,15,17). The van der Waals surface area contributed by atoms with E-state index in [1.807, 2.05) is 24.3 Å². The van der Waals surface area contributed by atoms with Gasteiger partial charge in [0.25, 0.3) is 5.91 Å². The molecule has 1 fully saturated rings. The Kier molecular flexibility index (Phi) is 4.18. The lowest BCUT2D eigenvalue weighted by Crippen LogP contribution is -2.43. The molecule has 1 aromatic rings. The van der Waals surface area contributed by atoms with Crippen LogP contribution in [0.25, 0.3) is 0 Å². The molecule has 17 heavy (non-hydrogen) atoms. The third-order valence-electron chi connectivity index (χ3n) is 3.14. The highest BCUT2D eigenvalue weighted by Gasteiger charge is 2.18. The minimum atomic E-state index is 0.0286. The largest absolute Gasteiger partial charge is 0.349 e. The van der Waals surface area contributed by atoms with Gasteiger partial charge >= 0.3 is 0 Å². The van der Waals surface area contributed by atoms with Crippen molar-refractivity contribution in [2.45, 2.75) is 18.9 Å². The van der Waals surface area contributed by atoms with E-state index in [-0.39, 0.29) is 5.91 Å². The van der Waals surface area contributed by atoms with Gasteiger partial charge in [0.2, 0.25) is 0 Å². The molecule has 0 saturated carbocycles. The highest BCUT2D eigenvalue weighted by molar-refractivity contribution is 9.10. The molecule has 3 nitrogen and oxygen atoms in total. The molecule has 1 aliphatic heterocycles. The number of halogens is 1. The van der Waals surface area contributed by atoms with Crippen LogP contribution >= 0.6 is 15.9 Å². The first kappa shape index (κ1) is 12.6. The van der Waals surface area contributed by atoms with Crippen molar-refractivity contribution < 1.29 is 4.79 Å². The van der Waals surface area contributed by atoms with Crippen LogP contribution in [0.1, 0.15) is 23.2 Å². The second-order valence-electron chi connectivity index (χ2n) is 4.56. The van der Waals surface area contributed by atoms with E-state index in [2.05, 4.69) is 33.2 Å². The lowest BCUT2D eigenvalue weighted by molar-refractivity contribution is 0.0917. The molecule has 1 heterocycles. The number of carbonyl (C=O) groups excluding carboxylic acids is 1. The van der Waals surface area contributed by atoms with E-state index in [0.29, 0.717) is 6.04 Å². The molecule has 0 unspecified atom stereocenters. The number of nitrogens with one attached hydrogen (secondary N) is 1. The quantitative estimate of drug-likeness (QED) is 0.908. The summed E-state index contributed by atoms with van der Waals surface area (Å²) < 4.78 is 0.938. The minimum absolute atomic E-state index is 0.0286. The summed E-state index contributed by atoms with van der Waals surface area (Å²) in [5, 5.41) is 3.10. The fourth-order valence-corrected chi connectivity index (χ4v) is 2.45. The minimum Gasteiger partial charge on any atom is -0.349 e. The first-order valence-electron chi connectivity index (χ1n) is 5.90. The van der Waals surface area contributed by atoms with Gasteiger partial charge in [-0.3, -0.25) is 4.79 Å². The maximum atomic E-state index is 12.0. The number of carbonyl (C=O) groups is 1. The average molecular weight is 297 g/mol. The van der Waals surface area contributed by atoms with E-state index in [9.17, 15) is 4.79 Å². The Bertz CT molecular complexity index is 400. The van der Waals surface area contributed by atoms with Crippen LogP contribution in [0.5, 0.6) is 0 Å². The summed E-state index contributed by atoms with van der Waals surface area (Å²) in [6, 6.07) is 7.82. The summed E-state index contributed by atoms with van der Waals surface area (Å²) in [4.78, 5) is 14.3. The molecule has 1 amide bonds. The Morgan fingerprint density at radius 2 is 2.12 bits per heavy atom. The smallest absolute Gasteiger partial charge is 0.251 e. The van der Waals surface area contributed by atoms with E-state index in [4.69, 9.17) is 0 Å². The fraction of sp³-hybridized carbons (Fsp3) is 0.462. The summed E-state index contributed by atoms with van der Waals surface area (Å²) in [6.45, 7) is 2.12. The SMILES string of the molecule is CN1CCC(NC(=O)c2cccc(Br)c2)CC1. The van der Waals surface area contributed by atoms with Crippen LogP contribution in [-0.2, 0) is 0 Å². The molecule has 0 spiro atoms. The van der Waals surface area contributed by atoms with Crippen LogP contribution in [0.4, 0.5) is 0 Å². The van der Waals surface area contributed by atoms with Gasteiger partial charge in [0.05, 0.1) is 0 Å². The first-order valence-corrected chi connectivity index (χ1v) is 6.69. The second kappa shape index (κ2) is 5.65. The Balaban J connectivity index is 1.93. The number of rotatable bonds is 2. The molecule has 1 aliphatic rings. The van der Waals surface area contributed by atoms with Crippen molar-refractivity contribution in [3.05, 3.63) is 34.3 Å². The van der Waals surface area contributed by atoms with Crippen molar-refractivity contribution >= 4 is 21.8 Å². The summed E-state index contributed by atoms with van der Waals surface area (Å²) in [7, 11) is 2.12. The zero-order chi connectivity index (χ0) is 12.3. The van der Waals surface area contributed by atoms with Crippen molar-refractivity contribution in [2.24, 2.45) is 0 Å². The highest BCUT2D eigenvalue weighted by atomic mass is 79.9. The molecule has 4 heteroatoms. The van der Waals surface area contributed by atoms with Crippen LogP contribution in [0, 0.1) is 0 Å². The summed E-state index contributed by atoms with van der Waals surface area (Å²) in [5.41, 5.74) is 0.721. The van der Waals surface area contributed by atoms with E-state index in [1.165, 1.54) is 0 Å². The Morgan fingerprint density at radius 1 is 1.41 bits per heavy atom. The van der Waals surface area contributed by atoms with Gasteiger partial charge in [-0.25, -0.2) is 0 Å². The highest BCUT2D eigenvalue weighted by Crippen LogP contribution is 2.13. The van der Waals surface area contributed by atoms with Gasteiger partial charge in [0.15, 0.2) is 0 Å². The summed E-state index contributed by atoms with van der Waals surface area (Å²) in [5.74, 6) is 0.0286. The molecule has 0 bridgehead atoms. The average Bonchev–Trinajstić information content (AvgIpc) is 2.32. The molecule has 0 radical (unpaired) electrons. The maximum Gasteiger partial charge on any atom is 0.251 e. The molecule has 1 N–H and O–H groups in total. The number of amides is 1. The number of benzene rings is 1. The van der Waals surface area contributed by atoms with Gasteiger partial charge in [-0.15, -0.1) is 0 Å². The second-order valence-corrected chi connectivity index (χ2v) is 5.48. The van der Waals surface area contributed by atoms with Crippen LogP contribution in [-0.4, -0.2) is 37.0 Å². The third-order valence-corrected chi connectivity index (χ3v) is 3.63. The number of hydrogen-bond acceptors (Lipinski definition) is 2. The monoisotopic (exact) mass is 296 g/mol. The van der Waals surface area contributed by atoms with Gasteiger partial charge in [-0.2, -0.15) is 0 Å². The maximum absolute atomic E-state index is 12.0. The van der Waals surface area contributed by atoms with Gasteiger partial charge in [-0.05, 0) is 51.2 Å². The molecule has 1 saturated heterocycles. The third kappa shape index (κ3) is 3.54. The summed E-state index contributed by atoms with van der Waals surface area (Å²) >= 11 is 3.38. The molecule has 0 aromatic heterocycles. The predicted molar refractivity (Wildman–Crippen MR) is 72.1 cm³/mol. The topological polar surface area (TPSA) is 32.3 Å². The van der Waals surface area contributed by atoms with E-state index >= 15 is 0 Å². The van der Waals surface area contributed by atoms with Crippen LogP contribution in [0.2, 0.25) is 0 Å². The van der Waals surface area contributed by atoms with Crippen LogP contribution in [0.15, 0.2) is 28.7 Å². The molecule has 0 atom stereocenters. The molecular weight excluding hydrogens is 280 g/mol. The Hall–Kier alpha value is -0.870. The molecule has 0 aliphatic carbocycles. The van der Waals surface area contributed by atoms with Crippen LogP contribution in [0.3, 0.4) is 0 Å². The number of piperidine rings is 1. The molecule has 2 rings (SSSR count). The number of likely N-dealkylation sites (tertiary alicyclic amines) is 1. The lowest BCUT2D eigenvalue weighted by Gasteiger charge is -2.29. The van der Waals surface area contributed by atoms with E-state index in [1.54, 1.807) is 0 Å². The zero-order valence-corrected chi connectivity index (χ0v) is 11.5. The number of hydrogen-bond donors (Lipinski definition) is 1. The zero-order valence-electron chi connectivity index (χ0n) is 9.95. The molecule has 92 valence electrons. The fourth-order valence-electron chi connectivity index (χ4n) is 2.05. The van der Waals surface area contributed by atoms with Gasteiger partial charge in [-0.1, -0.05) is 22.0 Å². The van der Waals surface area contributed by atoms with Crippen molar-refractivity contribution in [1.82, 2.24) is 10.2 Å². The molecule has 1 aromatic carbocycles. The Labute approximate surface area is 110 Å².